The van der Waals surface area contributed by atoms with E-state index in [1.165, 1.54) is 0 Å². The molecule has 0 aliphatic heterocycles. The zero-order valence-corrected chi connectivity index (χ0v) is 9.75. The average molecular weight is 289 g/mol. The van der Waals surface area contributed by atoms with Crippen LogP contribution < -0.4 is 5.76 Å². The number of phenolic OH excluding ortho intramolecular Hbond substituents is 1. The number of hydrogen-bond donors (Lipinski definition) is 1. The maximum atomic E-state index is 11.1. The minimum Gasteiger partial charge on any atom is -0.504 e. The second kappa shape index (κ2) is 3.49. The molecular formula is C7HCl4NO3. The van der Waals surface area contributed by atoms with Crippen LogP contribution in [0.2, 0.25) is 15.1 Å². The summed E-state index contributed by atoms with van der Waals surface area (Å²) < 4.78 is 5.25. The van der Waals surface area contributed by atoms with Crippen molar-refractivity contribution in [3.8, 4) is 5.75 Å². The Bertz CT molecular complexity index is 615. The standard InChI is InChI=1S/C7HCl4NO3/c8-1-2(9)5(13)4-6(3(1)10)15-7(14)12(4)11/h13H. The minimum absolute atomic E-state index is 0.0778. The molecule has 1 N–H and O–H groups in total. The summed E-state index contributed by atoms with van der Waals surface area (Å²) in [6, 6.07) is 0. The molecule has 0 bridgehead atoms. The van der Waals surface area contributed by atoms with Crippen molar-refractivity contribution in [1.29, 1.82) is 0 Å². The van der Waals surface area contributed by atoms with E-state index in [-0.39, 0.29) is 26.2 Å². The lowest BCUT2D eigenvalue weighted by molar-refractivity contribution is 0.480. The van der Waals surface area contributed by atoms with Gasteiger partial charge in [0.2, 0.25) is 0 Å². The van der Waals surface area contributed by atoms with Gasteiger partial charge in [-0.3, -0.25) is 0 Å². The average Bonchev–Trinajstić information content (AvgIpc) is 2.50. The van der Waals surface area contributed by atoms with Crippen LogP contribution in [0.15, 0.2) is 9.21 Å². The van der Waals surface area contributed by atoms with Crippen molar-refractivity contribution < 1.29 is 9.52 Å². The molecule has 2 aromatic rings. The largest absolute Gasteiger partial charge is 0.504 e. The Kier molecular flexibility index (Phi) is 2.55. The second-order valence-electron chi connectivity index (χ2n) is 2.62. The summed E-state index contributed by atoms with van der Waals surface area (Å²) in [5, 5.41) is 9.21. The van der Waals surface area contributed by atoms with E-state index >= 15 is 0 Å². The van der Waals surface area contributed by atoms with Gasteiger partial charge in [-0.1, -0.05) is 34.8 Å². The number of phenols is 1. The Morgan fingerprint density at radius 2 is 1.73 bits per heavy atom. The first-order valence-corrected chi connectivity index (χ1v) is 4.99. The van der Waals surface area contributed by atoms with E-state index in [0.717, 1.165) is 0 Å². The molecule has 0 radical (unpaired) electrons. The fourth-order valence-corrected chi connectivity index (χ4v) is 1.93. The molecule has 0 fully saturated rings. The summed E-state index contributed by atoms with van der Waals surface area (Å²) >= 11 is 22.6. The summed E-state index contributed by atoms with van der Waals surface area (Å²) in [6.07, 6.45) is 0. The van der Waals surface area contributed by atoms with Gasteiger partial charge in [0.05, 0.1) is 5.02 Å². The molecule has 1 heterocycles. The number of aromatic nitrogens is 1. The zero-order chi connectivity index (χ0) is 11.3. The molecule has 0 aliphatic rings. The summed E-state index contributed by atoms with van der Waals surface area (Å²) in [7, 11) is 0. The van der Waals surface area contributed by atoms with Crippen molar-refractivity contribution in [3.05, 3.63) is 25.6 Å². The number of rotatable bonds is 0. The summed E-state index contributed by atoms with van der Waals surface area (Å²) in [5.74, 6) is -1.34. The Morgan fingerprint density at radius 1 is 1.13 bits per heavy atom. The van der Waals surface area contributed by atoms with Crippen molar-refractivity contribution in [3.63, 3.8) is 0 Å². The number of oxazole rings is 1. The molecular weight excluding hydrogens is 288 g/mol. The third-order valence-electron chi connectivity index (χ3n) is 1.78. The molecule has 15 heavy (non-hydrogen) atoms. The monoisotopic (exact) mass is 287 g/mol. The maximum Gasteiger partial charge on any atom is 0.435 e. The van der Waals surface area contributed by atoms with Gasteiger partial charge >= 0.3 is 5.76 Å². The highest BCUT2D eigenvalue weighted by Crippen LogP contribution is 2.43. The number of benzene rings is 1. The van der Waals surface area contributed by atoms with Gasteiger partial charge in [0.1, 0.15) is 10.0 Å². The van der Waals surface area contributed by atoms with Crippen LogP contribution in [0.3, 0.4) is 0 Å². The molecule has 0 atom stereocenters. The van der Waals surface area contributed by atoms with Crippen molar-refractivity contribution >= 4 is 57.7 Å². The van der Waals surface area contributed by atoms with Gasteiger partial charge in [-0.15, -0.1) is 0 Å². The Labute approximate surface area is 103 Å². The molecule has 0 unspecified atom stereocenters. The molecule has 2 rings (SSSR count). The topological polar surface area (TPSA) is 55.4 Å². The van der Waals surface area contributed by atoms with Crippen LogP contribution in [0, 0.1) is 0 Å². The molecule has 80 valence electrons. The molecule has 8 heteroatoms. The zero-order valence-electron chi connectivity index (χ0n) is 6.72. The highest BCUT2D eigenvalue weighted by Gasteiger charge is 2.22. The number of hydrogen-bond acceptors (Lipinski definition) is 3. The van der Waals surface area contributed by atoms with Crippen LogP contribution in [0.5, 0.6) is 5.75 Å². The van der Waals surface area contributed by atoms with Gasteiger partial charge in [0.15, 0.2) is 16.8 Å². The van der Waals surface area contributed by atoms with Crippen molar-refractivity contribution in [2.24, 2.45) is 0 Å². The van der Waals surface area contributed by atoms with E-state index in [1.54, 1.807) is 0 Å². The first-order chi connectivity index (χ1) is 6.95. The predicted molar refractivity (Wildman–Crippen MR) is 58.4 cm³/mol. The quantitative estimate of drug-likeness (QED) is 0.757. The van der Waals surface area contributed by atoms with Gasteiger partial charge in [-0.05, 0) is 0 Å². The fourth-order valence-electron chi connectivity index (χ4n) is 1.11. The maximum absolute atomic E-state index is 11.1. The van der Waals surface area contributed by atoms with Crippen molar-refractivity contribution in [1.82, 2.24) is 4.09 Å². The van der Waals surface area contributed by atoms with Crippen LogP contribution in [-0.2, 0) is 0 Å². The van der Waals surface area contributed by atoms with Crippen LogP contribution in [0.4, 0.5) is 0 Å². The number of fused-ring (bicyclic) bond motifs is 1. The molecule has 0 amide bonds. The minimum atomic E-state index is -0.887. The molecule has 1 aromatic carbocycles. The number of halogens is 4. The first-order valence-electron chi connectivity index (χ1n) is 3.52. The van der Waals surface area contributed by atoms with Gasteiger partial charge in [0.25, 0.3) is 0 Å². The van der Waals surface area contributed by atoms with Crippen LogP contribution in [0.1, 0.15) is 0 Å². The predicted octanol–water partition coefficient (Wildman–Crippen LogP) is 3.26. The van der Waals surface area contributed by atoms with Crippen LogP contribution >= 0.6 is 46.6 Å². The van der Waals surface area contributed by atoms with E-state index in [2.05, 4.69) is 4.42 Å². The van der Waals surface area contributed by atoms with E-state index in [1.807, 2.05) is 0 Å². The van der Waals surface area contributed by atoms with Crippen LogP contribution in [-0.4, -0.2) is 9.19 Å². The molecule has 0 spiro atoms. The van der Waals surface area contributed by atoms with E-state index in [0.29, 0.717) is 4.09 Å². The summed E-state index contributed by atoms with van der Waals surface area (Å²) in [4.78, 5) is 11.1. The van der Waals surface area contributed by atoms with Crippen molar-refractivity contribution in [2.75, 3.05) is 0 Å². The first kappa shape index (κ1) is 11.0. The summed E-state index contributed by atoms with van der Waals surface area (Å²) in [6.45, 7) is 0. The second-order valence-corrected chi connectivity index (χ2v) is 4.09. The van der Waals surface area contributed by atoms with Gasteiger partial charge in [0, 0.05) is 11.8 Å². The van der Waals surface area contributed by atoms with Gasteiger partial charge in [-0.25, -0.2) is 4.79 Å². The number of aromatic hydroxyl groups is 1. The lowest BCUT2D eigenvalue weighted by Gasteiger charge is -2.02. The molecule has 0 saturated heterocycles. The Hall–Kier alpha value is -0.550. The fraction of sp³-hybridized carbons (Fsp3) is 0. The third kappa shape index (κ3) is 1.40. The lowest BCUT2D eigenvalue weighted by atomic mass is 10.3. The normalized spacial score (nSPS) is 11.2. The highest BCUT2D eigenvalue weighted by atomic mass is 35.5. The SMILES string of the molecule is O=c1oc2c(Cl)c(Cl)c(Cl)c(O)c2n1Cl. The number of nitrogens with zero attached hydrogens (tertiary/aromatic N) is 1. The highest BCUT2D eigenvalue weighted by molar-refractivity contribution is 6.51. The molecule has 0 saturated carbocycles. The lowest BCUT2D eigenvalue weighted by Crippen LogP contribution is -2.03. The molecule has 4 nitrogen and oxygen atoms in total. The van der Waals surface area contributed by atoms with E-state index in [4.69, 9.17) is 46.6 Å². The Balaban J connectivity index is 3.14. The smallest absolute Gasteiger partial charge is 0.435 e. The molecule has 1 aromatic heterocycles. The van der Waals surface area contributed by atoms with Crippen molar-refractivity contribution in [2.45, 2.75) is 0 Å². The van der Waals surface area contributed by atoms with E-state index in [9.17, 15) is 9.90 Å². The van der Waals surface area contributed by atoms with Gasteiger partial charge < -0.3 is 9.52 Å². The molecule has 0 aliphatic carbocycles. The van der Waals surface area contributed by atoms with Crippen LogP contribution in [0.25, 0.3) is 11.1 Å². The summed E-state index contributed by atoms with van der Waals surface area (Å²) in [5.41, 5.74) is -0.218. The Morgan fingerprint density at radius 3 is 2.33 bits per heavy atom. The van der Waals surface area contributed by atoms with Gasteiger partial charge in [-0.2, -0.15) is 4.09 Å². The van der Waals surface area contributed by atoms with E-state index < -0.39 is 11.5 Å². The third-order valence-corrected chi connectivity index (χ3v) is 3.39.